The van der Waals surface area contributed by atoms with E-state index in [1.807, 2.05) is 6.08 Å². The van der Waals surface area contributed by atoms with Gasteiger partial charge in [-0.05, 0) is 74.2 Å². The minimum Gasteiger partial charge on any atom is -0.480 e. The van der Waals surface area contributed by atoms with Crippen LogP contribution >= 0.6 is 0 Å². The van der Waals surface area contributed by atoms with Crippen molar-refractivity contribution >= 4 is 23.6 Å². The standard InChI is InChI=1S/C28H39NO7/c1-27-11-9-17(30)13-16(27)3-4-19-20-5-6-23(28(20,2)12-10-21(19)27)36-25(33)8-7-24(32)29-15-18(31)14-22(29)26(34)35/h13,18-23,31H,3-12,14-15H2,1-2H3,(H,34,35)/t18-,19-,20-,21-,22-,23+,27-,28-/m0/s1. The molecule has 0 radical (unpaired) electrons. The molecule has 0 aromatic carbocycles. The molecule has 1 aliphatic heterocycles. The molecular formula is C28H39NO7. The number of aliphatic carboxylic acids is 1. The second-order valence-electron chi connectivity index (χ2n) is 12.4. The molecule has 0 unspecified atom stereocenters. The van der Waals surface area contributed by atoms with Crippen LogP contribution in [0.3, 0.4) is 0 Å². The van der Waals surface area contributed by atoms with Crippen molar-refractivity contribution < 1.29 is 34.1 Å². The van der Waals surface area contributed by atoms with Crippen LogP contribution in [0.5, 0.6) is 0 Å². The van der Waals surface area contributed by atoms with E-state index in [0.717, 1.165) is 44.9 Å². The van der Waals surface area contributed by atoms with Gasteiger partial charge in [0.05, 0.1) is 12.5 Å². The number of carboxylic acid groups (broad SMARTS) is 1. The SMILES string of the molecule is C[C@]12CC[C@H]3[C@@H](CCC4=CC(=O)CC[C@@]43C)[C@@H]1CC[C@H]2OC(=O)CCC(=O)N1C[C@@H](O)C[C@H]1C(=O)O. The van der Waals surface area contributed by atoms with Gasteiger partial charge >= 0.3 is 11.9 Å². The molecule has 8 nitrogen and oxygen atoms in total. The molecule has 4 fully saturated rings. The lowest BCUT2D eigenvalue weighted by Gasteiger charge is -2.57. The summed E-state index contributed by atoms with van der Waals surface area (Å²) in [4.78, 5) is 50.0. The number of hydrogen-bond acceptors (Lipinski definition) is 6. The number of aliphatic hydroxyl groups is 1. The summed E-state index contributed by atoms with van der Waals surface area (Å²) in [6.07, 6.45) is 8.37. The number of nitrogens with zero attached hydrogens (tertiary/aromatic N) is 1. The highest BCUT2D eigenvalue weighted by atomic mass is 16.5. The van der Waals surface area contributed by atoms with Crippen molar-refractivity contribution in [3.8, 4) is 0 Å². The smallest absolute Gasteiger partial charge is 0.326 e. The van der Waals surface area contributed by atoms with Gasteiger partial charge in [-0.3, -0.25) is 14.4 Å². The van der Waals surface area contributed by atoms with E-state index in [4.69, 9.17) is 4.74 Å². The van der Waals surface area contributed by atoms with Crippen LogP contribution in [0.25, 0.3) is 0 Å². The lowest BCUT2D eigenvalue weighted by molar-refractivity contribution is -0.161. The van der Waals surface area contributed by atoms with Gasteiger partial charge in [0.1, 0.15) is 12.1 Å². The number of carbonyl (C=O) groups excluding carboxylic acids is 3. The van der Waals surface area contributed by atoms with Gasteiger partial charge in [-0.2, -0.15) is 0 Å². The number of aliphatic hydroxyl groups excluding tert-OH is 1. The molecule has 36 heavy (non-hydrogen) atoms. The average Bonchev–Trinajstić information content (AvgIpc) is 3.38. The summed E-state index contributed by atoms with van der Waals surface area (Å²) in [7, 11) is 0. The number of rotatable bonds is 5. The number of hydrogen-bond donors (Lipinski definition) is 2. The summed E-state index contributed by atoms with van der Waals surface area (Å²) in [5.74, 6) is -0.0520. The van der Waals surface area contributed by atoms with Gasteiger partial charge in [0.2, 0.25) is 5.91 Å². The Morgan fingerprint density at radius 3 is 2.58 bits per heavy atom. The third-order valence-electron chi connectivity index (χ3n) is 10.6. The van der Waals surface area contributed by atoms with Crippen molar-refractivity contribution in [1.29, 1.82) is 0 Å². The number of β-amino-alcohol motifs (C(OH)–C–C–N with tert-alkyl or cyclic N) is 1. The molecule has 0 aromatic rings. The minimum absolute atomic E-state index is 0.0141. The number of amides is 1. The first-order valence-corrected chi connectivity index (χ1v) is 13.7. The van der Waals surface area contributed by atoms with Gasteiger partial charge in [-0.25, -0.2) is 4.79 Å². The lowest BCUT2D eigenvalue weighted by Crippen LogP contribution is -2.51. The van der Waals surface area contributed by atoms with Gasteiger partial charge in [0, 0.05) is 31.2 Å². The first-order valence-electron chi connectivity index (χ1n) is 13.7. The fourth-order valence-electron chi connectivity index (χ4n) is 8.60. The normalized spacial score (nSPS) is 41.7. The molecule has 198 valence electrons. The quantitative estimate of drug-likeness (QED) is 0.555. The zero-order valence-electron chi connectivity index (χ0n) is 21.4. The molecule has 0 spiro atoms. The average molecular weight is 502 g/mol. The molecule has 2 N–H and O–H groups in total. The van der Waals surface area contributed by atoms with Crippen molar-refractivity contribution in [1.82, 2.24) is 4.90 Å². The highest BCUT2D eigenvalue weighted by Gasteiger charge is 2.60. The number of ether oxygens (including phenoxy) is 1. The summed E-state index contributed by atoms with van der Waals surface area (Å²) in [6, 6.07) is -1.04. The summed E-state index contributed by atoms with van der Waals surface area (Å²) < 4.78 is 5.99. The highest BCUT2D eigenvalue weighted by molar-refractivity contribution is 5.91. The molecule has 1 heterocycles. The molecule has 5 aliphatic rings. The van der Waals surface area contributed by atoms with Crippen LogP contribution in [-0.2, 0) is 23.9 Å². The van der Waals surface area contributed by atoms with Crippen molar-refractivity contribution in [3.05, 3.63) is 11.6 Å². The molecule has 4 aliphatic carbocycles. The molecule has 3 saturated carbocycles. The molecule has 1 amide bonds. The van der Waals surface area contributed by atoms with E-state index in [9.17, 15) is 29.4 Å². The maximum atomic E-state index is 12.8. The van der Waals surface area contributed by atoms with E-state index >= 15 is 0 Å². The number of likely N-dealkylation sites (tertiary alicyclic amines) is 1. The molecule has 8 atom stereocenters. The third kappa shape index (κ3) is 4.19. The Hall–Kier alpha value is -2.22. The number of carboxylic acids is 1. The fourth-order valence-corrected chi connectivity index (χ4v) is 8.60. The van der Waals surface area contributed by atoms with Gasteiger partial charge in [-0.15, -0.1) is 0 Å². The summed E-state index contributed by atoms with van der Waals surface area (Å²) in [5.41, 5.74) is 1.39. The predicted octanol–water partition coefficient (Wildman–Crippen LogP) is 3.26. The van der Waals surface area contributed by atoms with E-state index in [-0.39, 0.29) is 48.5 Å². The van der Waals surface area contributed by atoms with Gasteiger partial charge in [0.15, 0.2) is 5.78 Å². The Morgan fingerprint density at radius 1 is 1.06 bits per heavy atom. The molecule has 8 heteroatoms. The van der Waals surface area contributed by atoms with Crippen molar-refractivity contribution in [2.45, 2.75) is 103 Å². The van der Waals surface area contributed by atoms with Gasteiger partial charge < -0.3 is 19.8 Å². The molecule has 5 rings (SSSR count). The Labute approximate surface area is 212 Å². The largest absolute Gasteiger partial charge is 0.480 e. The summed E-state index contributed by atoms with van der Waals surface area (Å²) in [5, 5.41) is 19.1. The first-order chi connectivity index (χ1) is 17.0. The van der Waals surface area contributed by atoms with E-state index < -0.39 is 30.0 Å². The number of carbonyl (C=O) groups is 4. The zero-order chi connectivity index (χ0) is 25.8. The number of allylic oxidation sites excluding steroid dienone is 1. The van der Waals surface area contributed by atoms with Gasteiger partial charge in [0.25, 0.3) is 0 Å². The number of fused-ring (bicyclic) bond motifs is 5. The molecule has 0 bridgehead atoms. The molecule has 1 saturated heterocycles. The highest BCUT2D eigenvalue weighted by Crippen LogP contribution is 2.65. The van der Waals surface area contributed by atoms with Crippen molar-refractivity contribution in [2.24, 2.45) is 28.6 Å². The monoisotopic (exact) mass is 501 g/mol. The zero-order valence-corrected chi connectivity index (χ0v) is 21.4. The Morgan fingerprint density at radius 2 is 1.83 bits per heavy atom. The van der Waals surface area contributed by atoms with E-state index in [1.54, 1.807) is 0 Å². The predicted molar refractivity (Wildman–Crippen MR) is 130 cm³/mol. The van der Waals surface area contributed by atoms with Crippen LogP contribution < -0.4 is 0 Å². The van der Waals surface area contributed by atoms with Crippen LogP contribution in [0.15, 0.2) is 11.6 Å². The van der Waals surface area contributed by atoms with Crippen LogP contribution in [-0.4, -0.2) is 63.5 Å². The topological polar surface area (TPSA) is 121 Å². The van der Waals surface area contributed by atoms with Crippen LogP contribution in [0.2, 0.25) is 0 Å². The number of ketones is 1. The second-order valence-corrected chi connectivity index (χ2v) is 12.4. The van der Waals surface area contributed by atoms with Crippen molar-refractivity contribution in [2.75, 3.05) is 6.54 Å². The van der Waals surface area contributed by atoms with Crippen LogP contribution in [0.1, 0.15) is 84.5 Å². The Bertz CT molecular complexity index is 990. The summed E-state index contributed by atoms with van der Waals surface area (Å²) in [6.45, 7) is 4.62. The van der Waals surface area contributed by atoms with E-state index in [0.29, 0.717) is 24.2 Å². The van der Waals surface area contributed by atoms with Crippen LogP contribution in [0, 0.1) is 28.6 Å². The summed E-state index contributed by atoms with van der Waals surface area (Å²) >= 11 is 0. The Balaban J connectivity index is 1.19. The number of esters is 1. The van der Waals surface area contributed by atoms with E-state index in [1.165, 1.54) is 10.5 Å². The maximum Gasteiger partial charge on any atom is 0.326 e. The second kappa shape index (κ2) is 9.26. The maximum absolute atomic E-state index is 12.8. The third-order valence-corrected chi connectivity index (χ3v) is 10.6. The lowest BCUT2D eigenvalue weighted by atomic mass is 9.47. The van der Waals surface area contributed by atoms with Gasteiger partial charge in [-0.1, -0.05) is 19.4 Å². The fraction of sp³-hybridized carbons (Fsp3) is 0.786. The first kappa shape index (κ1) is 25.4. The minimum atomic E-state index is -1.14. The Kier molecular flexibility index (Phi) is 6.54. The van der Waals surface area contributed by atoms with E-state index in [2.05, 4.69) is 13.8 Å². The molecule has 0 aromatic heterocycles. The van der Waals surface area contributed by atoms with Crippen LogP contribution in [0.4, 0.5) is 0 Å². The van der Waals surface area contributed by atoms with Crippen molar-refractivity contribution in [3.63, 3.8) is 0 Å². The molecular weight excluding hydrogens is 462 g/mol.